The van der Waals surface area contributed by atoms with Gasteiger partial charge < -0.3 is 24.8 Å². The van der Waals surface area contributed by atoms with Gasteiger partial charge in [0.1, 0.15) is 0 Å². The maximum absolute atomic E-state index is 2.54. The van der Waals surface area contributed by atoms with Crippen LogP contribution in [0.2, 0.25) is 0 Å². The van der Waals surface area contributed by atoms with E-state index in [0.717, 1.165) is 6.42 Å². The first kappa shape index (κ1) is 23.8. The summed E-state index contributed by atoms with van der Waals surface area (Å²) in [5, 5.41) is 4.19. The third-order valence-electron chi connectivity index (χ3n) is 3.79. The van der Waals surface area contributed by atoms with Crippen LogP contribution in [0.5, 0.6) is 0 Å². The third kappa shape index (κ3) is 7.34. The Morgan fingerprint density at radius 3 is 1.19 bits per heavy atom. The van der Waals surface area contributed by atoms with Gasteiger partial charge in [-0.05, 0) is 23.8 Å². The second kappa shape index (κ2) is 13.0. The van der Waals surface area contributed by atoms with Crippen LogP contribution < -0.4 is 40.7 Å². The maximum Gasteiger partial charge on any atom is -0.0134 e. The zero-order valence-corrected chi connectivity index (χ0v) is 18.6. The summed E-state index contributed by atoms with van der Waals surface area (Å²) in [7, 11) is -0.446. The van der Waals surface area contributed by atoms with Gasteiger partial charge in [-0.25, -0.2) is 0 Å². The average molecular weight is 449 g/mol. The molecule has 0 aromatic heterocycles. The molecule has 0 saturated heterocycles. The Morgan fingerprint density at radius 2 is 0.963 bits per heavy atom. The Morgan fingerprint density at radius 1 is 0.593 bits per heavy atom. The summed E-state index contributed by atoms with van der Waals surface area (Å²) < 4.78 is 1.41. The molecular weight excluding hydrogens is 429 g/mol. The number of hydrogen-bond acceptors (Lipinski definition) is 0. The molecule has 0 bridgehead atoms. The molecule has 0 unspecified atom stereocenters. The first-order chi connectivity index (χ1) is 12.3. The zero-order valence-electron chi connectivity index (χ0n) is 14.7. The molecule has 0 nitrogen and oxygen atoms in total. The van der Waals surface area contributed by atoms with E-state index in [4.69, 9.17) is 0 Å². The van der Waals surface area contributed by atoms with Gasteiger partial charge in [-0.2, -0.15) is 0 Å². The number of allylic oxidation sites excluding steroid dienone is 4. The van der Waals surface area contributed by atoms with Crippen molar-refractivity contribution in [1.29, 1.82) is 0 Å². The molecule has 1 aliphatic carbocycles. The van der Waals surface area contributed by atoms with Crippen molar-refractivity contribution in [2.45, 2.75) is 6.42 Å². The van der Waals surface area contributed by atoms with Crippen molar-refractivity contribution in [1.82, 2.24) is 0 Å². The third-order valence-corrected chi connectivity index (χ3v) is 6.76. The SMILES string of the molecule is [Cl-].[Cl-].[V+2][C]1=CC=CC1.c1ccc(P(c2ccccc2)c2ccccc2)cc1. The van der Waals surface area contributed by atoms with Crippen molar-refractivity contribution in [2.24, 2.45) is 0 Å². The second-order valence-electron chi connectivity index (χ2n) is 5.63. The molecule has 0 spiro atoms. The van der Waals surface area contributed by atoms with Crippen LogP contribution in [0.1, 0.15) is 6.42 Å². The Labute approximate surface area is 185 Å². The van der Waals surface area contributed by atoms with Gasteiger partial charge in [-0.15, -0.1) is 0 Å². The molecule has 136 valence electrons. The monoisotopic (exact) mass is 448 g/mol. The van der Waals surface area contributed by atoms with Crippen LogP contribution in [0.25, 0.3) is 0 Å². The van der Waals surface area contributed by atoms with Crippen LogP contribution >= 0.6 is 7.92 Å². The zero-order chi connectivity index (χ0) is 17.3. The number of benzene rings is 3. The van der Waals surface area contributed by atoms with Crippen LogP contribution in [-0.2, 0) is 17.4 Å². The average Bonchev–Trinajstić information content (AvgIpc) is 3.16. The molecule has 0 N–H and O–H groups in total. The summed E-state index contributed by atoms with van der Waals surface area (Å²) in [5.41, 5.74) is 0. The molecule has 0 heterocycles. The summed E-state index contributed by atoms with van der Waals surface area (Å²) in [6, 6.07) is 32.3. The van der Waals surface area contributed by atoms with Crippen molar-refractivity contribution < 1.29 is 42.2 Å². The van der Waals surface area contributed by atoms with Gasteiger partial charge in [0.25, 0.3) is 0 Å². The van der Waals surface area contributed by atoms with E-state index >= 15 is 0 Å². The minimum Gasteiger partial charge on any atom is -0.0622 e. The Kier molecular flexibility index (Phi) is 11.4. The van der Waals surface area contributed by atoms with E-state index in [9.17, 15) is 0 Å². The van der Waals surface area contributed by atoms with E-state index < -0.39 is 7.92 Å². The van der Waals surface area contributed by atoms with Crippen LogP contribution in [0.4, 0.5) is 0 Å². The quantitative estimate of drug-likeness (QED) is 0.443. The molecule has 1 aliphatic rings. The van der Waals surface area contributed by atoms with Crippen molar-refractivity contribution in [3.63, 3.8) is 0 Å². The summed E-state index contributed by atoms with van der Waals surface area (Å²) in [5.74, 6) is 0. The van der Waals surface area contributed by atoms with Gasteiger partial charge in [0, 0.05) is 0 Å². The fraction of sp³-hybridized carbons (Fsp3) is 0.0435. The molecular formula is C23H20Cl2PV. The minimum atomic E-state index is -0.446. The van der Waals surface area contributed by atoms with E-state index in [1.54, 1.807) is 0 Å². The summed E-state index contributed by atoms with van der Waals surface area (Å²) in [6.07, 6.45) is 7.47. The molecule has 0 fully saturated rings. The first-order valence-electron chi connectivity index (χ1n) is 8.34. The maximum atomic E-state index is 2.54. The first-order valence-corrected chi connectivity index (χ1v) is 10.4. The van der Waals surface area contributed by atoms with Gasteiger partial charge in [0.15, 0.2) is 0 Å². The fourth-order valence-corrected chi connectivity index (χ4v) is 5.22. The Hall–Kier alpha value is -1.27. The van der Waals surface area contributed by atoms with Crippen molar-refractivity contribution in [3.05, 3.63) is 114 Å². The van der Waals surface area contributed by atoms with E-state index in [2.05, 4.69) is 127 Å². The molecule has 0 saturated carbocycles. The van der Waals surface area contributed by atoms with E-state index in [1.165, 1.54) is 20.2 Å². The van der Waals surface area contributed by atoms with Crippen LogP contribution in [0.3, 0.4) is 0 Å². The number of hydrogen-bond donors (Lipinski definition) is 0. The second-order valence-corrected chi connectivity index (χ2v) is 8.75. The predicted molar refractivity (Wildman–Crippen MR) is 107 cm³/mol. The van der Waals surface area contributed by atoms with Crippen molar-refractivity contribution in [2.75, 3.05) is 0 Å². The molecule has 0 aliphatic heterocycles. The smallest absolute Gasteiger partial charge is 0.0134 e. The van der Waals surface area contributed by atoms with E-state index in [-0.39, 0.29) is 24.8 Å². The number of halogens is 2. The number of rotatable bonds is 3. The van der Waals surface area contributed by atoms with Crippen LogP contribution in [0.15, 0.2) is 114 Å². The van der Waals surface area contributed by atoms with Gasteiger partial charge >= 0.3 is 46.4 Å². The molecule has 3 aromatic carbocycles. The molecule has 3 aromatic rings. The van der Waals surface area contributed by atoms with Gasteiger partial charge in [0.05, 0.1) is 0 Å². The normalized spacial score (nSPS) is 11.5. The van der Waals surface area contributed by atoms with Crippen LogP contribution in [-0.4, -0.2) is 0 Å². The standard InChI is InChI=1S/C18H15P.C5H5.2ClH.V/c1-4-10-16(11-5-1)19(17-12-6-2-7-13-17)18-14-8-3-9-15-18;1-2-4-5-3-1;;;/h1-15H;1-3H,4H2;2*1H;/q;;;;+2/p-2. The molecule has 4 rings (SSSR count). The predicted octanol–water partition coefficient (Wildman–Crippen LogP) is -1.17. The van der Waals surface area contributed by atoms with Gasteiger partial charge in [-0.1, -0.05) is 91.0 Å². The summed E-state index contributed by atoms with van der Waals surface area (Å²) in [6.45, 7) is 0. The Balaban J connectivity index is 0.000000393. The minimum absolute atomic E-state index is 0. The van der Waals surface area contributed by atoms with Crippen LogP contribution in [0, 0.1) is 0 Å². The molecule has 4 heteroatoms. The Bertz CT molecular complexity index is 740. The van der Waals surface area contributed by atoms with Crippen molar-refractivity contribution >= 4 is 23.8 Å². The molecule has 0 radical (unpaired) electrons. The van der Waals surface area contributed by atoms with E-state index in [1.807, 2.05) is 0 Å². The summed E-state index contributed by atoms with van der Waals surface area (Å²) in [4.78, 5) is 0. The summed E-state index contributed by atoms with van der Waals surface area (Å²) >= 11 is 2.54. The molecule has 0 atom stereocenters. The topological polar surface area (TPSA) is 0 Å². The van der Waals surface area contributed by atoms with Gasteiger partial charge in [-0.3, -0.25) is 0 Å². The largest absolute Gasteiger partial charge is 0.0622 e. The molecule has 27 heavy (non-hydrogen) atoms. The van der Waals surface area contributed by atoms with Gasteiger partial charge in [0.2, 0.25) is 0 Å². The van der Waals surface area contributed by atoms with Crippen molar-refractivity contribution in [3.8, 4) is 0 Å². The fourth-order valence-electron chi connectivity index (χ4n) is 2.61. The molecule has 0 amide bonds. The van der Waals surface area contributed by atoms with E-state index in [0.29, 0.717) is 0 Å².